The minimum atomic E-state index is -3.46. The molecule has 1 aromatic heterocycles. The Morgan fingerprint density at radius 2 is 1.91 bits per heavy atom. The van der Waals surface area contributed by atoms with Gasteiger partial charge in [-0.3, -0.25) is 4.79 Å². The van der Waals surface area contributed by atoms with E-state index in [9.17, 15) is 13.2 Å². The van der Waals surface area contributed by atoms with Gasteiger partial charge in [0, 0.05) is 4.70 Å². The van der Waals surface area contributed by atoms with Gasteiger partial charge in [-0.25, -0.2) is 13.1 Å². The molecule has 0 fully saturated rings. The molecule has 0 radical (unpaired) electrons. The second kappa shape index (κ2) is 5.98. The zero-order chi connectivity index (χ0) is 16.5. The van der Waals surface area contributed by atoms with Crippen LogP contribution >= 0.6 is 11.3 Å². The van der Waals surface area contributed by atoms with Crippen LogP contribution in [0.4, 0.5) is 0 Å². The summed E-state index contributed by atoms with van der Waals surface area (Å²) in [5.74, 6) is -0.360. The molecular formula is C15H20N2O3S2. The van der Waals surface area contributed by atoms with Crippen LogP contribution in [0.25, 0.3) is 10.1 Å². The summed E-state index contributed by atoms with van der Waals surface area (Å²) in [7, 11) is -3.46. The van der Waals surface area contributed by atoms with Crippen LogP contribution in [0.1, 0.15) is 32.4 Å². The number of fused-ring (bicyclic) bond motifs is 1. The van der Waals surface area contributed by atoms with Crippen molar-refractivity contribution in [3.63, 3.8) is 0 Å². The standard InChI is InChI=1S/C15H20N2O3S2/c1-10(12-9-21-13-8-6-5-7-11(12)13)16-14(18)15(2,3)17-22(4,19)20/h5-10,17H,1-4H3,(H,16,18). The number of carbonyl (C=O) groups is 1. The lowest BCUT2D eigenvalue weighted by molar-refractivity contribution is -0.126. The van der Waals surface area contributed by atoms with Gasteiger partial charge in [-0.2, -0.15) is 0 Å². The lowest BCUT2D eigenvalue weighted by Gasteiger charge is -2.26. The third-order valence-corrected chi connectivity index (χ3v) is 5.20. The zero-order valence-corrected chi connectivity index (χ0v) is 14.6. The zero-order valence-electron chi connectivity index (χ0n) is 13.0. The normalized spacial score (nSPS) is 14.0. The maximum Gasteiger partial charge on any atom is 0.241 e. The van der Waals surface area contributed by atoms with Gasteiger partial charge in [0.25, 0.3) is 0 Å². The molecule has 0 bridgehead atoms. The van der Waals surface area contributed by atoms with Crippen molar-refractivity contribution in [2.45, 2.75) is 32.4 Å². The minimum absolute atomic E-state index is 0.204. The third kappa shape index (κ3) is 3.85. The van der Waals surface area contributed by atoms with Crippen LogP contribution in [0.15, 0.2) is 29.6 Å². The molecule has 2 aromatic rings. The van der Waals surface area contributed by atoms with Crippen LogP contribution in [0.5, 0.6) is 0 Å². The number of carbonyl (C=O) groups excluding carboxylic acids is 1. The molecular weight excluding hydrogens is 320 g/mol. The van der Waals surface area contributed by atoms with Crippen LogP contribution in [0, 0.1) is 0 Å². The molecule has 2 rings (SSSR count). The van der Waals surface area contributed by atoms with Crippen molar-refractivity contribution < 1.29 is 13.2 Å². The molecule has 0 aliphatic carbocycles. The topological polar surface area (TPSA) is 75.3 Å². The molecule has 22 heavy (non-hydrogen) atoms. The smallest absolute Gasteiger partial charge is 0.241 e. The van der Waals surface area contributed by atoms with Crippen molar-refractivity contribution in [3.05, 3.63) is 35.2 Å². The predicted octanol–water partition coefficient (Wildman–Crippen LogP) is 2.41. The summed E-state index contributed by atoms with van der Waals surface area (Å²) in [6.45, 7) is 4.98. The Labute approximate surface area is 134 Å². The van der Waals surface area contributed by atoms with Crippen LogP contribution in [0.2, 0.25) is 0 Å². The largest absolute Gasteiger partial charge is 0.348 e. The number of sulfonamides is 1. The average molecular weight is 340 g/mol. The van der Waals surface area contributed by atoms with E-state index in [1.165, 1.54) is 0 Å². The highest BCUT2D eigenvalue weighted by atomic mass is 32.2. The average Bonchev–Trinajstić information content (AvgIpc) is 2.79. The van der Waals surface area contributed by atoms with Crippen molar-refractivity contribution in [3.8, 4) is 0 Å². The van der Waals surface area contributed by atoms with E-state index in [0.29, 0.717) is 0 Å². The molecule has 120 valence electrons. The maximum atomic E-state index is 12.3. The van der Waals surface area contributed by atoms with Crippen molar-refractivity contribution >= 4 is 37.4 Å². The Bertz CT molecular complexity index is 794. The number of hydrogen-bond acceptors (Lipinski definition) is 4. The van der Waals surface area contributed by atoms with E-state index >= 15 is 0 Å². The van der Waals surface area contributed by atoms with E-state index in [1.54, 1.807) is 25.2 Å². The first-order valence-corrected chi connectivity index (χ1v) is 9.63. The first kappa shape index (κ1) is 16.9. The molecule has 1 aromatic carbocycles. The predicted molar refractivity (Wildman–Crippen MR) is 90.4 cm³/mol. The molecule has 0 aliphatic heterocycles. The summed E-state index contributed by atoms with van der Waals surface area (Å²) < 4.78 is 26.2. The molecule has 2 N–H and O–H groups in total. The lowest BCUT2D eigenvalue weighted by atomic mass is 10.0. The molecule has 1 unspecified atom stereocenters. The number of benzene rings is 1. The van der Waals surface area contributed by atoms with Crippen molar-refractivity contribution in [1.29, 1.82) is 0 Å². The Morgan fingerprint density at radius 1 is 1.27 bits per heavy atom. The van der Waals surface area contributed by atoms with Crippen LogP contribution in [-0.2, 0) is 14.8 Å². The van der Waals surface area contributed by atoms with Gasteiger partial charge in [0.05, 0.1) is 12.3 Å². The molecule has 1 atom stereocenters. The number of rotatable bonds is 5. The van der Waals surface area contributed by atoms with Crippen LogP contribution in [-0.4, -0.2) is 26.1 Å². The van der Waals surface area contributed by atoms with E-state index in [-0.39, 0.29) is 11.9 Å². The number of hydrogen-bond donors (Lipinski definition) is 2. The Kier molecular flexibility index (Phi) is 4.60. The fourth-order valence-electron chi connectivity index (χ4n) is 2.30. The Balaban J connectivity index is 2.18. The summed E-state index contributed by atoms with van der Waals surface area (Å²) in [5.41, 5.74) is -0.169. The van der Waals surface area contributed by atoms with Crippen molar-refractivity contribution in [2.75, 3.05) is 6.26 Å². The molecule has 0 aliphatic rings. The highest BCUT2D eigenvalue weighted by molar-refractivity contribution is 7.88. The molecule has 1 heterocycles. The van der Waals surface area contributed by atoms with Gasteiger partial charge in [0.15, 0.2) is 0 Å². The molecule has 0 spiro atoms. The van der Waals surface area contributed by atoms with Gasteiger partial charge in [0.2, 0.25) is 15.9 Å². The number of amides is 1. The summed E-state index contributed by atoms with van der Waals surface area (Å²) in [6.07, 6.45) is 1.04. The van der Waals surface area contributed by atoms with Gasteiger partial charge in [0.1, 0.15) is 5.54 Å². The number of thiophene rings is 1. The van der Waals surface area contributed by atoms with Crippen LogP contribution < -0.4 is 10.0 Å². The van der Waals surface area contributed by atoms with Gasteiger partial charge in [-0.05, 0) is 43.2 Å². The van der Waals surface area contributed by atoms with Gasteiger partial charge >= 0.3 is 0 Å². The highest BCUT2D eigenvalue weighted by Crippen LogP contribution is 2.30. The summed E-state index contributed by atoms with van der Waals surface area (Å²) in [6, 6.07) is 7.79. The molecule has 0 saturated carbocycles. The summed E-state index contributed by atoms with van der Waals surface area (Å²) in [4.78, 5) is 12.3. The summed E-state index contributed by atoms with van der Waals surface area (Å²) in [5, 5.41) is 6.00. The van der Waals surface area contributed by atoms with E-state index < -0.39 is 15.6 Å². The SMILES string of the molecule is CC(NC(=O)C(C)(C)NS(C)(=O)=O)c1csc2ccccc12. The monoisotopic (exact) mass is 340 g/mol. The second-order valence-corrected chi connectivity index (χ2v) is 8.54. The maximum absolute atomic E-state index is 12.3. The Hall–Kier alpha value is -1.44. The van der Waals surface area contributed by atoms with Crippen molar-refractivity contribution in [1.82, 2.24) is 10.0 Å². The number of nitrogens with one attached hydrogen (secondary N) is 2. The van der Waals surface area contributed by atoms with Gasteiger partial charge < -0.3 is 5.32 Å². The fourth-order valence-corrected chi connectivity index (χ4v) is 4.37. The first-order valence-electron chi connectivity index (χ1n) is 6.86. The van der Waals surface area contributed by atoms with Crippen LogP contribution in [0.3, 0.4) is 0 Å². The van der Waals surface area contributed by atoms with E-state index in [0.717, 1.165) is 21.9 Å². The van der Waals surface area contributed by atoms with E-state index in [1.807, 2.05) is 36.6 Å². The third-order valence-electron chi connectivity index (χ3n) is 3.33. The Morgan fingerprint density at radius 3 is 2.55 bits per heavy atom. The molecule has 1 amide bonds. The van der Waals surface area contributed by atoms with E-state index in [4.69, 9.17) is 0 Å². The lowest BCUT2D eigenvalue weighted by Crippen LogP contribution is -2.54. The van der Waals surface area contributed by atoms with Gasteiger partial charge in [-0.15, -0.1) is 11.3 Å². The quantitative estimate of drug-likeness (QED) is 0.877. The van der Waals surface area contributed by atoms with Gasteiger partial charge in [-0.1, -0.05) is 18.2 Å². The fraction of sp³-hybridized carbons (Fsp3) is 0.400. The summed E-state index contributed by atoms with van der Waals surface area (Å²) >= 11 is 1.62. The van der Waals surface area contributed by atoms with Crippen molar-refractivity contribution in [2.24, 2.45) is 0 Å². The molecule has 5 nitrogen and oxygen atoms in total. The second-order valence-electron chi connectivity index (χ2n) is 5.88. The highest BCUT2D eigenvalue weighted by Gasteiger charge is 2.31. The molecule has 7 heteroatoms. The van der Waals surface area contributed by atoms with E-state index in [2.05, 4.69) is 10.0 Å². The first-order chi connectivity index (χ1) is 10.1. The minimum Gasteiger partial charge on any atom is -0.348 e. The molecule has 0 saturated heterocycles.